The highest BCUT2D eigenvalue weighted by Crippen LogP contribution is 2.24. The number of aryl methyl sites for hydroxylation is 1. The zero-order chi connectivity index (χ0) is 19.9. The van der Waals surface area contributed by atoms with Crippen LogP contribution in [0.15, 0.2) is 24.3 Å². The molecule has 0 bridgehead atoms. The van der Waals surface area contributed by atoms with Gasteiger partial charge in [-0.05, 0) is 64.2 Å². The molecule has 2 aromatic rings. The summed E-state index contributed by atoms with van der Waals surface area (Å²) in [7, 11) is 0. The molecule has 4 N–H and O–H groups in total. The Bertz CT molecular complexity index is 765. The number of unbranched alkanes of at least 4 members (excludes halogenated alkanes) is 2. The number of nitrogens with one attached hydrogen (secondary N) is 2. The summed E-state index contributed by atoms with van der Waals surface area (Å²) in [6.07, 6.45) is 5.64. The first-order valence-electron chi connectivity index (χ1n) is 10.0. The Hall–Kier alpha value is -2.30. The van der Waals surface area contributed by atoms with Gasteiger partial charge in [-0.3, -0.25) is 4.79 Å². The molecule has 27 heavy (non-hydrogen) atoms. The zero-order valence-electron chi connectivity index (χ0n) is 17.2. The fraction of sp³-hybridized carbons (Fsp3) is 0.545. The van der Waals surface area contributed by atoms with Gasteiger partial charge in [0.2, 0.25) is 5.91 Å². The van der Waals surface area contributed by atoms with Crippen LogP contribution in [0.3, 0.4) is 0 Å². The van der Waals surface area contributed by atoms with Crippen LogP contribution in [0.2, 0.25) is 0 Å². The van der Waals surface area contributed by atoms with Crippen LogP contribution in [0.25, 0.3) is 10.9 Å². The SMILES string of the molecule is CCCCNc1cc2ccc(CCCCC(=O)NC(C)(C)C)cc2nc1N. The Morgan fingerprint density at radius 3 is 2.63 bits per heavy atom. The number of benzene rings is 1. The number of carbonyl (C=O) groups excluding carboxylic acids is 1. The third-order valence-electron chi connectivity index (χ3n) is 4.39. The van der Waals surface area contributed by atoms with Crippen LogP contribution in [0, 0.1) is 0 Å². The third kappa shape index (κ3) is 7.08. The summed E-state index contributed by atoms with van der Waals surface area (Å²) in [4.78, 5) is 16.4. The number of anilines is 2. The number of fused-ring (bicyclic) bond motifs is 1. The lowest BCUT2D eigenvalue weighted by Crippen LogP contribution is -2.40. The van der Waals surface area contributed by atoms with Gasteiger partial charge in [-0.2, -0.15) is 0 Å². The van der Waals surface area contributed by atoms with Gasteiger partial charge in [0.15, 0.2) is 0 Å². The first-order valence-corrected chi connectivity index (χ1v) is 10.0. The van der Waals surface area contributed by atoms with Crippen molar-refractivity contribution in [2.75, 3.05) is 17.6 Å². The van der Waals surface area contributed by atoms with Crippen molar-refractivity contribution in [1.82, 2.24) is 10.3 Å². The van der Waals surface area contributed by atoms with Crippen molar-refractivity contribution in [3.8, 4) is 0 Å². The smallest absolute Gasteiger partial charge is 0.220 e. The van der Waals surface area contributed by atoms with E-state index in [1.807, 2.05) is 20.8 Å². The average Bonchev–Trinajstić information content (AvgIpc) is 2.58. The molecule has 148 valence electrons. The first kappa shape index (κ1) is 21.0. The number of amides is 1. The van der Waals surface area contributed by atoms with Gasteiger partial charge in [0.1, 0.15) is 5.82 Å². The molecule has 0 fully saturated rings. The summed E-state index contributed by atoms with van der Waals surface area (Å²) in [6.45, 7) is 9.09. The van der Waals surface area contributed by atoms with Crippen molar-refractivity contribution in [2.45, 2.75) is 71.8 Å². The number of hydrogen-bond acceptors (Lipinski definition) is 4. The fourth-order valence-corrected chi connectivity index (χ4v) is 3.02. The molecule has 1 aromatic heterocycles. The van der Waals surface area contributed by atoms with Crippen LogP contribution in [-0.2, 0) is 11.2 Å². The van der Waals surface area contributed by atoms with Crippen LogP contribution in [0.1, 0.15) is 65.4 Å². The number of pyridine rings is 1. The average molecular weight is 371 g/mol. The van der Waals surface area contributed by atoms with Crippen LogP contribution in [-0.4, -0.2) is 23.0 Å². The Kier molecular flexibility index (Phi) is 7.45. The predicted octanol–water partition coefficient (Wildman–Crippen LogP) is 4.66. The molecule has 2 rings (SSSR count). The molecular formula is C22H34N4O. The highest BCUT2D eigenvalue weighted by atomic mass is 16.1. The molecule has 0 atom stereocenters. The quantitative estimate of drug-likeness (QED) is 0.561. The molecule has 0 radical (unpaired) electrons. The van der Waals surface area contributed by atoms with E-state index >= 15 is 0 Å². The van der Waals surface area contributed by atoms with Crippen LogP contribution in [0.5, 0.6) is 0 Å². The van der Waals surface area contributed by atoms with Crippen molar-refractivity contribution in [3.05, 3.63) is 29.8 Å². The number of nitrogens with two attached hydrogens (primary N) is 1. The second-order valence-corrected chi connectivity index (χ2v) is 8.23. The maximum Gasteiger partial charge on any atom is 0.220 e. The number of hydrogen-bond donors (Lipinski definition) is 3. The normalized spacial score (nSPS) is 11.6. The maximum absolute atomic E-state index is 11.9. The van der Waals surface area contributed by atoms with Crippen molar-refractivity contribution in [3.63, 3.8) is 0 Å². The lowest BCUT2D eigenvalue weighted by atomic mass is 10.0. The monoisotopic (exact) mass is 370 g/mol. The molecular weight excluding hydrogens is 336 g/mol. The van der Waals surface area contributed by atoms with E-state index in [1.54, 1.807) is 0 Å². The Balaban J connectivity index is 1.90. The van der Waals surface area contributed by atoms with Crippen LogP contribution >= 0.6 is 0 Å². The molecule has 0 spiro atoms. The predicted molar refractivity (Wildman–Crippen MR) is 115 cm³/mol. The van der Waals surface area contributed by atoms with E-state index in [9.17, 15) is 4.79 Å². The number of nitrogen functional groups attached to an aromatic ring is 1. The van der Waals surface area contributed by atoms with E-state index in [2.05, 4.69) is 46.8 Å². The summed E-state index contributed by atoms with van der Waals surface area (Å²) in [5, 5.41) is 7.46. The van der Waals surface area contributed by atoms with E-state index in [0.717, 1.165) is 55.2 Å². The summed E-state index contributed by atoms with van der Waals surface area (Å²) in [5.41, 5.74) is 9.02. The van der Waals surface area contributed by atoms with E-state index in [0.29, 0.717) is 12.2 Å². The van der Waals surface area contributed by atoms with Gasteiger partial charge >= 0.3 is 0 Å². The lowest BCUT2D eigenvalue weighted by Gasteiger charge is -2.20. The van der Waals surface area contributed by atoms with E-state index in [1.165, 1.54) is 5.56 Å². The topological polar surface area (TPSA) is 80.0 Å². The minimum Gasteiger partial charge on any atom is -0.382 e. The third-order valence-corrected chi connectivity index (χ3v) is 4.39. The molecule has 5 nitrogen and oxygen atoms in total. The second kappa shape index (κ2) is 9.58. The molecule has 0 saturated heterocycles. The van der Waals surface area contributed by atoms with Crippen molar-refractivity contribution < 1.29 is 4.79 Å². The zero-order valence-corrected chi connectivity index (χ0v) is 17.2. The minimum absolute atomic E-state index is 0.124. The van der Waals surface area contributed by atoms with Gasteiger partial charge in [-0.15, -0.1) is 0 Å². The van der Waals surface area contributed by atoms with Crippen molar-refractivity contribution in [2.24, 2.45) is 0 Å². The Labute approximate surface area is 163 Å². The summed E-state index contributed by atoms with van der Waals surface area (Å²) < 4.78 is 0. The first-order chi connectivity index (χ1) is 12.8. The standard InChI is InChI=1S/C22H34N4O/c1-5-6-13-24-19-15-17-12-11-16(14-18(17)25-21(19)23)9-7-8-10-20(27)26-22(2,3)4/h11-12,14-15,24H,5-10,13H2,1-4H3,(H2,23,25)(H,26,27). The Morgan fingerprint density at radius 2 is 1.93 bits per heavy atom. The molecule has 1 amide bonds. The van der Waals surface area contributed by atoms with Gasteiger partial charge < -0.3 is 16.4 Å². The van der Waals surface area contributed by atoms with Crippen molar-refractivity contribution >= 4 is 28.3 Å². The largest absolute Gasteiger partial charge is 0.382 e. The van der Waals surface area contributed by atoms with Gasteiger partial charge in [-0.25, -0.2) is 4.98 Å². The van der Waals surface area contributed by atoms with Gasteiger partial charge in [-0.1, -0.05) is 25.5 Å². The second-order valence-electron chi connectivity index (χ2n) is 8.23. The highest BCUT2D eigenvalue weighted by Gasteiger charge is 2.13. The van der Waals surface area contributed by atoms with Gasteiger partial charge in [0.25, 0.3) is 0 Å². The van der Waals surface area contributed by atoms with E-state index in [-0.39, 0.29) is 11.4 Å². The minimum atomic E-state index is -0.161. The molecule has 0 aliphatic rings. The lowest BCUT2D eigenvalue weighted by molar-refractivity contribution is -0.122. The molecule has 0 saturated carbocycles. The molecule has 1 heterocycles. The molecule has 0 unspecified atom stereocenters. The number of aromatic nitrogens is 1. The van der Waals surface area contributed by atoms with E-state index in [4.69, 9.17) is 5.73 Å². The van der Waals surface area contributed by atoms with E-state index < -0.39 is 0 Å². The molecule has 0 aliphatic carbocycles. The van der Waals surface area contributed by atoms with Crippen LogP contribution in [0.4, 0.5) is 11.5 Å². The highest BCUT2D eigenvalue weighted by molar-refractivity contribution is 5.86. The van der Waals surface area contributed by atoms with Gasteiger partial charge in [0.05, 0.1) is 11.2 Å². The summed E-state index contributed by atoms with van der Waals surface area (Å²) in [6, 6.07) is 8.43. The number of nitrogens with zero attached hydrogens (tertiary/aromatic N) is 1. The Morgan fingerprint density at radius 1 is 1.15 bits per heavy atom. The fourth-order valence-electron chi connectivity index (χ4n) is 3.02. The van der Waals surface area contributed by atoms with Gasteiger partial charge in [0, 0.05) is 23.9 Å². The number of carbonyl (C=O) groups is 1. The van der Waals surface area contributed by atoms with Crippen LogP contribution < -0.4 is 16.4 Å². The summed E-state index contributed by atoms with van der Waals surface area (Å²) >= 11 is 0. The molecule has 1 aromatic carbocycles. The van der Waals surface area contributed by atoms with Crippen molar-refractivity contribution in [1.29, 1.82) is 0 Å². The maximum atomic E-state index is 11.9. The molecule has 5 heteroatoms. The summed E-state index contributed by atoms with van der Waals surface area (Å²) in [5.74, 6) is 0.674. The molecule has 0 aliphatic heterocycles. The number of rotatable bonds is 9.